The van der Waals surface area contributed by atoms with Gasteiger partial charge in [0.2, 0.25) is 0 Å². The third-order valence-electron chi connectivity index (χ3n) is 7.01. The van der Waals surface area contributed by atoms with Crippen LogP contribution in [0.5, 0.6) is 0 Å². The third kappa shape index (κ3) is 6.33. The zero-order chi connectivity index (χ0) is 28.5. The lowest BCUT2D eigenvalue weighted by atomic mass is 9.93. The van der Waals surface area contributed by atoms with Crippen LogP contribution >= 0.6 is 7.60 Å². The van der Waals surface area contributed by atoms with Crippen LogP contribution < -0.4 is 11.4 Å². The maximum absolute atomic E-state index is 12.9. The number of anilines is 1. The quantitative estimate of drug-likeness (QED) is 0.230. The molecular weight excluding hydrogens is 519 g/mol. The van der Waals surface area contributed by atoms with Crippen molar-refractivity contribution in [3.8, 4) is 0 Å². The fourth-order valence-electron chi connectivity index (χ4n) is 4.42. The zero-order valence-corrected chi connectivity index (χ0v) is 23.3. The van der Waals surface area contributed by atoms with E-state index in [-0.39, 0.29) is 31.5 Å². The van der Waals surface area contributed by atoms with Gasteiger partial charge in [-0.3, -0.25) is 13.8 Å². The largest absolute Gasteiger partial charge is 0.388 e. The molecule has 0 bridgehead atoms. The number of hydrogen-bond donors (Lipinski definition) is 5. The number of aryl methyl sites for hydroxylation is 1. The molecule has 2 aromatic rings. The first-order valence-electron chi connectivity index (χ1n) is 12.7. The molecule has 6 N–H and O–H groups in total. The molecule has 7 unspecified atom stereocenters. The molecule has 3 heterocycles. The highest BCUT2D eigenvalue weighted by molar-refractivity contribution is 7.54. The van der Waals surface area contributed by atoms with Crippen molar-refractivity contribution in [2.24, 2.45) is 0 Å². The van der Waals surface area contributed by atoms with Gasteiger partial charge in [0.1, 0.15) is 18.0 Å². The highest BCUT2D eigenvalue weighted by Gasteiger charge is 2.51. The normalized spacial score (nSPS) is 26.6. The molecule has 0 saturated carbocycles. The van der Waals surface area contributed by atoms with Crippen molar-refractivity contribution in [1.29, 1.82) is 0 Å². The van der Waals surface area contributed by atoms with Crippen LogP contribution in [0.25, 0.3) is 0 Å². The summed E-state index contributed by atoms with van der Waals surface area (Å²) in [5, 5.41) is 38.2. The van der Waals surface area contributed by atoms with Crippen molar-refractivity contribution in [1.82, 2.24) is 24.5 Å². The lowest BCUT2D eigenvalue weighted by Crippen LogP contribution is -2.40. The van der Waals surface area contributed by atoms with Crippen molar-refractivity contribution in [2.45, 2.75) is 109 Å². The number of hydrogen-bond acceptors (Lipinski definition) is 11. The fraction of sp³-hybridized carbons (Fsp3) is 0.739. The molecule has 214 valence electrons. The van der Waals surface area contributed by atoms with E-state index < -0.39 is 48.8 Å². The van der Waals surface area contributed by atoms with Gasteiger partial charge in [-0.05, 0) is 33.6 Å². The van der Waals surface area contributed by atoms with Crippen LogP contribution in [0.4, 0.5) is 5.82 Å². The first-order valence-corrected chi connectivity index (χ1v) is 14.3. The summed E-state index contributed by atoms with van der Waals surface area (Å²) in [5.41, 5.74) is 4.92. The molecular formula is C23H39N6O8P. The number of aromatic nitrogens is 5. The predicted molar refractivity (Wildman–Crippen MR) is 137 cm³/mol. The molecule has 1 aliphatic rings. The highest BCUT2D eigenvalue weighted by atomic mass is 31.2. The van der Waals surface area contributed by atoms with Crippen molar-refractivity contribution in [3.05, 3.63) is 34.1 Å². The number of ether oxygens (including phenoxy) is 1. The molecule has 38 heavy (non-hydrogen) atoms. The van der Waals surface area contributed by atoms with E-state index >= 15 is 0 Å². The summed E-state index contributed by atoms with van der Waals surface area (Å²) < 4.78 is 27.1. The minimum Gasteiger partial charge on any atom is -0.388 e. The van der Waals surface area contributed by atoms with Gasteiger partial charge in [0.25, 0.3) is 0 Å². The van der Waals surface area contributed by atoms with E-state index in [0.717, 1.165) is 4.57 Å². The Balaban J connectivity index is 1.83. The van der Waals surface area contributed by atoms with E-state index in [4.69, 9.17) is 15.0 Å². The zero-order valence-electron chi connectivity index (χ0n) is 22.4. The van der Waals surface area contributed by atoms with Gasteiger partial charge in [-0.2, -0.15) is 4.98 Å². The molecule has 0 spiro atoms. The molecule has 1 fully saturated rings. The molecule has 0 amide bonds. The van der Waals surface area contributed by atoms with Crippen LogP contribution in [0.1, 0.15) is 77.8 Å². The van der Waals surface area contributed by atoms with Crippen LogP contribution in [-0.2, 0) is 26.8 Å². The topological polar surface area (TPSA) is 208 Å². The Morgan fingerprint density at radius 1 is 1.21 bits per heavy atom. The predicted octanol–water partition coefficient (Wildman–Crippen LogP) is 0.916. The molecule has 2 aromatic heterocycles. The summed E-state index contributed by atoms with van der Waals surface area (Å²) >= 11 is 0. The number of nitrogens with zero attached hydrogens (tertiary/aromatic N) is 5. The van der Waals surface area contributed by atoms with E-state index in [0.29, 0.717) is 24.2 Å². The molecule has 7 atom stereocenters. The summed E-state index contributed by atoms with van der Waals surface area (Å²) in [7, 11) is -4.51. The first-order chi connectivity index (χ1) is 17.7. The smallest absolute Gasteiger partial charge is 0.359 e. The second-order valence-corrected chi connectivity index (χ2v) is 12.4. The maximum atomic E-state index is 12.9. The summed E-state index contributed by atoms with van der Waals surface area (Å²) in [6, 6.07) is 0. The molecule has 14 nitrogen and oxygen atoms in total. The highest BCUT2D eigenvalue weighted by Crippen LogP contribution is 2.59. The number of nitrogens with two attached hydrogens (primary N) is 1. The van der Waals surface area contributed by atoms with Crippen LogP contribution in [0.3, 0.4) is 0 Å². The molecule has 1 saturated heterocycles. The summed E-state index contributed by atoms with van der Waals surface area (Å²) in [6.07, 6.45) is -1.31. The van der Waals surface area contributed by atoms with Crippen molar-refractivity contribution < 1.29 is 34.0 Å². The monoisotopic (exact) mass is 558 g/mol. The van der Waals surface area contributed by atoms with E-state index in [1.54, 1.807) is 31.6 Å². The Kier molecular flexibility index (Phi) is 9.19. The van der Waals surface area contributed by atoms with Gasteiger partial charge < -0.3 is 35.2 Å². The maximum Gasteiger partial charge on any atom is 0.359 e. The van der Waals surface area contributed by atoms with Crippen LogP contribution in [-0.4, -0.2) is 74.0 Å². The van der Waals surface area contributed by atoms with E-state index in [1.165, 1.54) is 13.1 Å². The van der Waals surface area contributed by atoms with Crippen molar-refractivity contribution in [3.63, 3.8) is 0 Å². The van der Waals surface area contributed by atoms with Crippen LogP contribution in [0.15, 0.2) is 17.2 Å². The summed E-state index contributed by atoms with van der Waals surface area (Å²) in [5.74, 6) is -0.00771. The number of aliphatic hydroxyl groups excluding tert-OH is 2. The molecule has 0 aromatic carbocycles. The lowest BCUT2D eigenvalue weighted by Gasteiger charge is -2.37. The van der Waals surface area contributed by atoms with E-state index in [9.17, 15) is 29.6 Å². The van der Waals surface area contributed by atoms with Gasteiger partial charge in [-0.1, -0.05) is 25.5 Å². The lowest BCUT2D eigenvalue weighted by molar-refractivity contribution is -0.0716. The second-order valence-electron chi connectivity index (χ2n) is 10.2. The van der Waals surface area contributed by atoms with Gasteiger partial charge in [0, 0.05) is 37.3 Å². The summed E-state index contributed by atoms with van der Waals surface area (Å²) in [4.78, 5) is 27.1. The Morgan fingerprint density at radius 2 is 1.89 bits per heavy atom. The Hall–Kier alpha value is -2.19. The Bertz CT molecular complexity index is 1220. The standard InChI is InChI=1S/C23H39N6O8P/c1-6-9-23(5,33)38(34,35)37-22(4,7-2)11-16-17(30)18(31)20(36-16)29-12-14(19(24)25-21(29)32)10-15-13-28(8-3)27-26-15/h12-13,16-18,20,30-31,33H,6-11H2,1-5H3,(H,34,35)(H2,24,25,32). The number of rotatable bonds is 12. The average Bonchev–Trinajstić information content (AvgIpc) is 3.40. The third-order valence-corrected chi connectivity index (χ3v) is 9.14. The molecule has 0 aliphatic carbocycles. The van der Waals surface area contributed by atoms with Gasteiger partial charge in [0.05, 0.1) is 17.4 Å². The van der Waals surface area contributed by atoms with Crippen LogP contribution in [0, 0.1) is 0 Å². The minimum atomic E-state index is -4.51. The van der Waals surface area contributed by atoms with Gasteiger partial charge in [0.15, 0.2) is 11.6 Å². The molecule has 15 heteroatoms. The van der Waals surface area contributed by atoms with Crippen LogP contribution in [0.2, 0.25) is 0 Å². The number of nitrogen functional groups attached to an aromatic ring is 1. The van der Waals surface area contributed by atoms with Gasteiger partial charge in [-0.25, -0.2) is 4.79 Å². The van der Waals surface area contributed by atoms with Gasteiger partial charge >= 0.3 is 13.3 Å². The Labute approximate surface area is 220 Å². The molecule has 1 aliphatic heterocycles. The average molecular weight is 559 g/mol. The molecule has 3 rings (SSSR count). The van der Waals surface area contributed by atoms with Crippen molar-refractivity contribution in [2.75, 3.05) is 5.73 Å². The molecule has 0 radical (unpaired) electrons. The number of aliphatic hydroxyl groups is 3. The SMILES string of the molecule is CCCC(C)(O)P(=O)(O)OC(C)(CC)CC1OC(n2cc(Cc3cn(CC)nn3)c(N)nc2=O)C(O)C1O. The van der Waals surface area contributed by atoms with E-state index in [2.05, 4.69) is 15.3 Å². The van der Waals surface area contributed by atoms with Crippen molar-refractivity contribution >= 4 is 13.4 Å². The second kappa shape index (κ2) is 11.5. The fourth-order valence-corrected chi connectivity index (χ4v) is 5.92. The Morgan fingerprint density at radius 3 is 2.47 bits per heavy atom. The first kappa shape index (κ1) is 30.4. The van der Waals surface area contributed by atoms with Gasteiger partial charge in [-0.15, -0.1) is 5.10 Å². The van der Waals surface area contributed by atoms with E-state index in [1.807, 2.05) is 6.92 Å². The summed E-state index contributed by atoms with van der Waals surface area (Å²) in [6.45, 7) is 8.84. The minimum absolute atomic E-state index is 0.00771.